The van der Waals surface area contributed by atoms with Crippen molar-refractivity contribution in [3.8, 4) is 0 Å². The van der Waals surface area contributed by atoms with Gasteiger partial charge >= 0.3 is 6.09 Å². The van der Waals surface area contributed by atoms with Gasteiger partial charge in [0, 0.05) is 24.6 Å². The summed E-state index contributed by atoms with van der Waals surface area (Å²) in [6.07, 6.45) is -0.960. The van der Waals surface area contributed by atoms with Crippen molar-refractivity contribution in [3.63, 3.8) is 0 Å². The van der Waals surface area contributed by atoms with Gasteiger partial charge in [0.15, 0.2) is 0 Å². The molecule has 17 heavy (non-hydrogen) atoms. The summed E-state index contributed by atoms with van der Waals surface area (Å²) in [7, 11) is 0.0748. The molecule has 0 bridgehead atoms. The summed E-state index contributed by atoms with van der Waals surface area (Å²) in [6, 6.07) is 0. The summed E-state index contributed by atoms with van der Waals surface area (Å²) in [4.78, 5) is 12.9. The Hall–Kier alpha value is -0.140. The van der Waals surface area contributed by atoms with E-state index in [9.17, 15) is 4.79 Å². The predicted molar refractivity (Wildman–Crippen MR) is 82.9 cm³/mol. The van der Waals surface area contributed by atoms with Crippen molar-refractivity contribution in [2.45, 2.75) is 27.7 Å². The Morgan fingerprint density at radius 1 is 1.29 bits per heavy atom. The van der Waals surface area contributed by atoms with E-state index in [4.69, 9.17) is 17.3 Å². The fourth-order valence-electron chi connectivity index (χ4n) is 1.32. The van der Waals surface area contributed by atoms with Crippen molar-refractivity contribution in [1.82, 2.24) is 9.62 Å². The second kappa shape index (κ2) is 8.05. The third-order valence-electron chi connectivity index (χ3n) is 2.46. The van der Waals surface area contributed by atoms with E-state index in [1.54, 1.807) is 0 Å². The maximum absolute atomic E-state index is 10.9. The zero-order valence-corrected chi connectivity index (χ0v) is 13.3. The number of rotatable bonds is 6. The first kappa shape index (κ1) is 16.9. The van der Waals surface area contributed by atoms with Gasteiger partial charge in [-0.1, -0.05) is 26.1 Å². The number of hydrogen-bond acceptors (Lipinski definition) is 3. The van der Waals surface area contributed by atoms with E-state index in [0.29, 0.717) is 0 Å². The second-order valence-corrected chi connectivity index (χ2v) is 9.91. The van der Waals surface area contributed by atoms with Gasteiger partial charge in [-0.05, 0) is 24.6 Å². The SMILES string of the molecule is CCN(CC)C(=S)SS(CC)(CC)NC(=O)O. The van der Waals surface area contributed by atoms with E-state index in [1.807, 2.05) is 13.8 Å². The first-order valence-electron chi connectivity index (χ1n) is 5.72. The van der Waals surface area contributed by atoms with E-state index in [0.717, 1.165) is 28.9 Å². The zero-order valence-electron chi connectivity index (χ0n) is 10.9. The first-order chi connectivity index (χ1) is 7.94. The van der Waals surface area contributed by atoms with E-state index in [-0.39, 0.29) is 0 Å². The van der Waals surface area contributed by atoms with Crippen LogP contribution in [0.5, 0.6) is 0 Å². The van der Waals surface area contributed by atoms with Crippen LogP contribution in [0.2, 0.25) is 0 Å². The fraction of sp³-hybridized carbons (Fsp3) is 0.800. The molecule has 0 rings (SSSR count). The molecule has 0 aromatic rings. The molecule has 4 nitrogen and oxygen atoms in total. The molecular weight excluding hydrogens is 276 g/mol. The highest BCUT2D eigenvalue weighted by molar-refractivity contribution is 8.98. The van der Waals surface area contributed by atoms with Crippen molar-refractivity contribution >= 4 is 42.7 Å². The van der Waals surface area contributed by atoms with Crippen LogP contribution in [0.1, 0.15) is 27.7 Å². The van der Waals surface area contributed by atoms with Crippen LogP contribution >= 0.6 is 32.3 Å². The Morgan fingerprint density at radius 2 is 1.76 bits per heavy atom. The number of amides is 1. The van der Waals surface area contributed by atoms with Gasteiger partial charge in [0.05, 0.1) is 0 Å². The molecule has 102 valence electrons. The third kappa shape index (κ3) is 5.35. The molecule has 0 aromatic carbocycles. The van der Waals surface area contributed by atoms with Crippen LogP contribution in [0.4, 0.5) is 4.79 Å². The fourth-order valence-corrected chi connectivity index (χ4v) is 6.86. The first-order valence-corrected chi connectivity index (χ1v) is 9.43. The Morgan fingerprint density at radius 3 is 2.06 bits per heavy atom. The summed E-state index contributed by atoms with van der Waals surface area (Å²) < 4.78 is 3.47. The maximum atomic E-state index is 10.9. The summed E-state index contributed by atoms with van der Waals surface area (Å²) in [6.45, 7) is 9.84. The van der Waals surface area contributed by atoms with Crippen molar-refractivity contribution < 1.29 is 9.90 Å². The standard InChI is InChI=1S/C10H22N2O2S3/c1-5-12(6-2)10(15)16-17(7-3,8-4)11-9(13)14/h11H,5-8H2,1-4H3,(H,13,14). The molecule has 0 aliphatic carbocycles. The van der Waals surface area contributed by atoms with Crippen LogP contribution in [-0.4, -0.2) is 45.0 Å². The number of hydrogen-bond donors (Lipinski definition) is 2. The number of carbonyl (C=O) groups is 1. The molecule has 0 aliphatic heterocycles. The molecule has 0 spiro atoms. The molecule has 1 amide bonds. The molecule has 7 heteroatoms. The van der Waals surface area contributed by atoms with Gasteiger partial charge in [0.1, 0.15) is 4.32 Å². The van der Waals surface area contributed by atoms with Crippen molar-refractivity contribution in [1.29, 1.82) is 0 Å². The molecule has 0 aromatic heterocycles. The second-order valence-electron chi connectivity index (χ2n) is 3.32. The smallest absolute Gasteiger partial charge is 0.414 e. The number of thiocarbonyl (C=S) groups is 1. The lowest BCUT2D eigenvalue weighted by atomic mass is 10.6. The van der Waals surface area contributed by atoms with Crippen molar-refractivity contribution in [3.05, 3.63) is 0 Å². The van der Waals surface area contributed by atoms with Gasteiger partial charge in [-0.2, -0.15) is 0 Å². The molecule has 0 aliphatic rings. The molecule has 2 N–H and O–H groups in total. The Kier molecular flexibility index (Phi) is 7.98. The molecular formula is C10H22N2O2S3. The van der Waals surface area contributed by atoms with Gasteiger partial charge in [0.2, 0.25) is 0 Å². The predicted octanol–water partition coefficient (Wildman–Crippen LogP) is 3.29. The molecule has 0 saturated heterocycles. The minimum absolute atomic E-state index is 0.794. The number of nitrogens with zero attached hydrogens (tertiary/aromatic N) is 1. The quantitative estimate of drug-likeness (QED) is 0.582. The minimum atomic E-state index is -1.45. The summed E-state index contributed by atoms with van der Waals surface area (Å²) in [5.41, 5.74) is 0. The monoisotopic (exact) mass is 298 g/mol. The van der Waals surface area contributed by atoms with E-state index in [2.05, 4.69) is 23.5 Å². The maximum Gasteiger partial charge on any atom is 0.414 e. The molecule has 0 unspecified atom stereocenters. The van der Waals surface area contributed by atoms with Crippen molar-refractivity contribution in [2.75, 3.05) is 24.6 Å². The van der Waals surface area contributed by atoms with Crippen molar-refractivity contribution in [2.24, 2.45) is 0 Å². The third-order valence-corrected chi connectivity index (χ3v) is 9.51. The average Bonchev–Trinajstić information content (AvgIpc) is 2.29. The highest BCUT2D eigenvalue weighted by Gasteiger charge is 2.26. The summed E-state index contributed by atoms with van der Waals surface area (Å²) in [5.74, 6) is 1.59. The lowest BCUT2D eigenvalue weighted by Crippen LogP contribution is -2.32. The van der Waals surface area contributed by atoms with Gasteiger partial charge in [-0.15, -0.1) is 9.25 Å². The van der Waals surface area contributed by atoms with E-state index < -0.39 is 15.3 Å². The molecule has 0 heterocycles. The molecule has 0 radical (unpaired) electrons. The van der Waals surface area contributed by atoms with E-state index in [1.165, 1.54) is 10.8 Å². The lowest BCUT2D eigenvalue weighted by Gasteiger charge is -2.38. The Bertz CT molecular complexity index is 266. The van der Waals surface area contributed by atoms with Crippen LogP contribution in [0.15, 0.2) is 0 Å². The Labute approximate surface area is 114 Å². The summed E-state index contributed by atoms with van der Waals surface area (Å²) >= 11 is 5.38. The molecule has 0 saturated carbocycles. The minimum Gasteiger partial charge on any atom is -0.464 e. The van der Waals surface area contributed by atoms with Crippen LogP contribution in [0.25, 0.3) is 0 Å². The van der Waals surface area contributed by atoms with Crippen LogP contribution < -0.4 is 4.72 Å². The van der Waals surface area contributed by atoms with Crippen LogP contribution in [0, 0.1) is 0 Å². The number of nitrogens with one attached hydrogen (secondary N) is 1. The van der Waals surface area contributed by atoms with Gasteiger partial charge in [-0.3, -0.25) is 4.72 Å². The molecule has 0 fully saturated rings. The zero-order chi connectivity index (χ0) is 13.5. The average molecular weight is 298 g/mol. The van der Waals surface area contributed by atoms with Gasteiger partial charge in [-0.25, -0.2) is 4.79 Å². The normalized spacial score (nSPS) is 12.0. The number of carboxylic acid groups (broad SMARTS) is 1. The van der Waals surface area contributed by atoms with E-state index >= 15 is 0 Å². The Balaban J connectivity index is 4.74. The van der Waals surface area contributed by atoms with Gasteiger partial charge < -0.3 is 10.0 Å². The van der Waals surface area contributed by atoms with Crippen LogP contribution in [0.3, 0.4) is 0 Å². The summed E-state index contributed by atoms with van der Waals surface area (Å²) in [5, 5.41) is 8.92. The lowest BCUT2D eigenvalue weighted by molar-refractivity contribution is 0.201. The van der Waals surface area contributed by atoms with Gasteiger partial charge in [0.25, 0.3) is 0 Å². The topological polar surface area (TPSA) is 52.6 Å². The highest BCUT2D eigenvalue weighted by atomic mass is 33.2. The highest BCUT2D eigenvalue weighted by Crippen LogP contribution is 2.56. The largest absolute Gasteiger partial charge is 0.464 e. The van der Waals surface area contributed by atoms with Crippen LogP contribution in [-0.2, 0) is 0 Å². The molecule has 0 atom stereocenters.